The molecule has 0 atom stereocenters. The lowest BCUT2D eigenvalue weighted by atomic mass is 10.1. The average molecular weight is 521 g/mol. The number of aryl methyl sites for hydroxylation is 1. The average Bonchev–Trinajstić information content (AvgIpc) is 3.55. The van der Waals surface area contributed by atoms with Crippen LogP contribution < -0.4 is 4.90 Å². The number of esters is 1. The van der Waals surface area contributed by atoms with E-state index in [1.54, 1.807) is 68.5 Å². The van der Waals surface area contributed by atoms with Crippen LogP contribution in [0.4, 0.5) is 11.4 Å². The van der Waals surface area contributed by atoms with Gasteiger partial charge in [0, 0.05) is 22.8 Å². The van der Waals surface area contributed by atoms with Gasteiger partial charge in [0.2, 0.25) is 0 Å². The van der Waals surface area contributed by atoms with E-state index in [9.17, 15) is 19.7 Å². The third kappa shape index (κ3) is 4.87. The van der Waals surface area contributed by atoms with Crippen LogP contribution in [-0.4, -0.2) is 23.9 Å². The summed E-state index contributed by atoms with van der Waals surface area (Å²) in [4.78, 5) is 38.2. The van der Waals surface area contributed by atoms with Crippen LogP contribution in [0.25, 0.3) is 23.1 Å². The maximum Gasteiger partial charge on any atom is 0.337 e. The number of nitrogens with zero attached hydrogens (tertiary/aromatic N) is 2. The SMILES string of the molecule is COC(=O)c1ccc(-c2ccc(/C=C3\C=C(c4ccccc4)N(c4cc(C)c(C)c([N+](=O)[O-])c4)C3=O)o2)cc1. The number of benzene rings is 3. The minimum absolute atomic E-state index is 0.0449. The first kappa shape index (κ1) is 25.4. The molecule has 0 saturated carbocycles. The van der Waals surface area contributed by atoms with Crippen molar-refractivity contribution in [2.24, 2.45) is 0 Å². The second-order valence-corrected chi connectivity index (χ2v) is 9.07. The van der Waals surface area contributed by atoms with Gasteiger partial charge in [-0.3, -0.25) is 19.8 Å². The van der Waals surface area contributed by atoms with Crippen molar-refractivity contribution >= 4 is 35.0 Å². The number of hydrogen-bond donors (Lipinski definition) is 0. The number of carbonyl (C=O) groups excluding carboxylic acids is 2. The molecule has 8 heteroatoms. The van der Waals surface area contributed by atoms with Crippen molar-refractivity contribution in [3.63, 3.8) is 0 Å². The fourth-order valence-electron chi connectivity index (χ4n) is 4.46. The lowest BCUT2D eigenvalue weighted by Gasteiger charge is -2.21. The molecule has 194 valence electrons. The molecule has 1 amide bonds. The van der Waals surface area contributed by atoms with Gasteiger partial charge in [0.1, 0.15) is 11.5 Å². The van der Waals surface area contributed by atoms with Gasteiger partial charge >= 0.3 is 5.97 Å². The summed E-state index contributed by atoms with van der Waals surface area (Å²) in [6.45, 7) is 3.48. The first-order valence-electron chi connectivity index (χ1n) is 12.1. The van der Waals surface area contributed by atoms with E-state index >= 15 is 0 Å². The Labute approximate surface area is 224 Å². The number of methoxy groups -OCH3 is 1. The van der Waals surface area contributed by atoms with E-state index in [-0.39, 0.29) is 11.6 Å². The van der Waals surface area contributed by atoms with Crippen LogP contribution in [-0.2, 0) is 9.53 Å². The molecule has 5 rings (SSSR count). The molecule has 0 fully saturated rings. The summed E-state index contributed by atoms with van der Waals surface area (Å²) < 4.78 is 10.7. The van der Waals surface area contributed by atoms with Crippen molar-refractivity contribution in [3.8, 4) is 11.3 Å². The zero-order valence-electron chi connectivity index (χ0n) is 21.5. The number of furan rings is 1. The van der Waals surface area contributed by atoms with Crippen LogP contribution in [0, 0.1) is 24.0 Å². The smallest absolute Gasteiger partial charge is 0.337 e. The van der Waals surface area contributed by atoms with Gasteiger partial charge in [-0.15, -0.1) is 0 Å². The first-order chi connectivity index (χ1) is 18.8. The summed E-state index contributed by atoms with van der Waals surface area (Å²) in [6.07, 6.45) is 3.40. The largest absolute Gasteiger partial charge is 0.465 e. The molecule has 0 saturated heterocycles. The van der Waals surface area contributed by atoms with E-state index in [4.69, 9.17) is 9.15 Å². The van der Waals surface area contributed by atoms with Gasteiger partial charge in [-0.1, -0.05) is 42.5 Å². The Hall–Kier alpha value is -5.24. The Morgan fingerprint density at radius 2 is 1.69 bits per heavy atom. The van der Waals surface area contributed by atoms with E-state index in [1.807, 2.05) is 30.3 Å². The molecule has 0 spiro atoms. The van der Waals surface area contributed by atoms with E-state index in [1.165, 1.54) is 18.1 Å². The first-order valence-corrected chi connectivity index (χ1v) is 12.1. The number of carbonyl (C=O) groups is 2. The topological polar surface area (TPSA) is 103 Å². The van der Waals surface area contributed by atoms with Gasteiger partial charge in [-0.25, -0.2) is 4.79 Å². The van der Waals surface area contributed by atoms with E-state index in [0.717, 1.165) is 11.1 Å². The van der Waals surface area contributed by atoms with Crippen molar-refractivity contribution in [2.75, 3.05) is 12.0 Å². The third-order valence-corrected chi connectivity index (χ3v) is 6.65. The Morgan fingerprint density at radius 1 is 0.974 bits per heavy atom. The molecule has 0 aliphatic carbocycles. The minimum atomic E-state index is -0.433. The van der Waals surface area contributed by atoms with E-state index in [2.05, 4.69) is 0 Å². The second-order valence-electron chi connectivity index (χ2n) is 9.07. The molecule has 2 heterocycles. The van der Waals surface area contributed by atoms with Crippen molar-refractivity contribution in [2.45, 2.75) is 13.8 Å². The normalized spacial score (nSPS) is 14.0. The van der Waals surface area contributed by atoms with Gasteiger partial charge in [-0.2, -0.15) is 0 Å². The van der Waals surface area contributed by atoms with Gasteiger partial charge in [0.25, 0.3) is 11.6 Å². The molecular weight excluding hydrogens is 496 g/mol. The number of ether oxygens (including phenoxy) is 1. The number of nitro benzene ring substituents is 1. The number of rotatable bonds is 6. The molecule has 1 aromatic heterocycles. The van der Waals surface area contributed by atoms with E-state index < -0.39 is 10.9 Å². The predicted octanol–water partition coefficient (Wildman–Crippen LogP) is 6.73. The molecule has 0 radical (unpaired) electrons. The Morgan fingerprint density at radius 3 is 2.36 bits per heavy atom. The van der Waals surface area contributed by atoms with E-state index in [0.29, 0.717) is 45.2 Å². The highest BCUT2D eigenvalue weighted by Crippen LogP contribution is 2.38. The molecular formula is C31H24N2O6. The van der Waals surface area contributed by atoms with Gasteiger partial charge in [0.05, 0.1) is 29.0 Å². The van der Waals surface area contributed by atoms with Gasteiger partial charge < -0.3 is 9.15 Å². The molecule has 39 heavy (non-hydrogen) atoms. The maximum absolute atomic E-state index is 13.7. The molecule has 4 aromatic rings. The molecule has 1 aliphatic rings. The highest BCUT2D eigenvalue weighted by atomic mass is 16.6. The number of amides is 1. The van der Waals surface area contributed by atoms with Crippen molar-refractivity contribution in [3.05, 3.63) is 129 Å². The molecule has 8 nitrogen and oxygen atoms in total. The molecule has 1 aliphatic heterocycles. The fraction of sp³-hybridized carbons (Fsp3) is 0.0968. The number of anilines is 1. The zero-order valence-corrected chi connectivity index (χ0v) is 21.5. The summed E-state index contributed by atoms with van der Waals surface area (Å²) >= 11 is 0. The Balaban J connectivity index is 1.53. The van der Waals surface area contributed by atoms with Crippen molar-refractivity contribution < 1.29 is 23.7 Å². The van der Waals surface area contributed by atoms with Crippen molar-refractivity contribution in [1.29, 1.82) is 0 Å². The molecule has 0 N–H and O–H groups in total. The van der Waals surface area contributed by atoms with Gasteiger partial charge in [-0.05, 0) is 67.5 Å². The monoisotopic (exact) mass is 520 g/mol. The quantitative estimate of drug-likeness (QED) is 0.121. The van der Waals surface area contributed by atoms with Crippen LogP contribution in [0.2, 0.25) is 0 Å². The second kappa shape index (κ2) is 10.3. The summed E-state index contributed by atoms with van der Waals surface area (Å²) in [7, 11) is 1.33. The highest BCUT2D eigenvalue weighted by Gasteiger charge is 2.32. The molecule has 3 aromatic carbocycles. The highest BCUT2D eigenvalue weighted by molar-refractivity contribution is 6.23. The van der Waals surface area contributed by atoms with Crippen LogP contribution in [0.15, 0.2) is 94.9 Å². The Bertz CT molecular complexity index is 1660. The summed E-state index contributed by atoms with van der Waals surface area (Å²) in [5, 5.41) is 11.7. The molecule has 0 unspecified atom stereocenters. The fourth-order valence-corrected chi connectivity index (χ4v) is 4.46. The van der Waals surface area contributed by atoms with Crippen LogP contribution in [0.5, 0.6) is 0 Å². The van der Waals surface area contributed by atoms with Crippen LogP contribution in [0.1, 0.15) is 32.8 Å². The lowest BCUT2D eigenvalue weighted by molar-refractivity contribution is -0.385. The standard InChI is InChI=1S/C31H24N2O6/c1-19-15-25(18-27(20(19)2)33(36)37)32-28(21-7-5-4-6-8-21)17-24(30(32)34)16-26-13-14-29(39-26)22-9-11-23(12-10-22)31(35)38-3/h4-18H,1-3H3/b24-16+. The number of nitro groups is 1. The summed E-state index contributed by atoms with van der Waals surface area (Å²) in [5.74, 6) is 0.275. The minimum Gasteiger partial charge on any atom is -0.465 e. The van der Waals surface area contributed by atoms with Crippen LogP contribution >= 0.6 is 0 Å². The number of hydrogen-bond acceptors (Lipinski definition) is 6. The zero-order chi connectivity index (χ0) is 27.7. The predicted molar refractivity (Wildman–Crippen MR) is 148 cm³/mol. The maximum atomic E-state index is 13.7. The lowest BCUT2D eigenvalue weighted by Crippen LogP contribution is -2.25. The van der Waals surface area contributed by atoms with Crippen LogP contribution in [0.3, 0.4) is 0 Å². The summed E-state index contributed by atoms with van der Waals surface area (Å²) in [6, 6.07) is 22.9. The van der Waals surface area contributed by atoms with Crippen molar-refractivity contribution in [1.82, 2.24) is 0 Å². The summed E-state index contributed by atoms with van der Waals surface area (Å²) in [5.41, 5.74) is 4.60. The molecule has 0 bridgehead atoms. The third-order valence-electron chi connectivity index (χ3n) is 6.65. The van der Waals surface area contributed by atoms with Gasteiger partial charge in [0.15, 0.2) is 0 Å². The Kier molecular flexibility index (Phi) is 6.68.